The molecule has 0 spiro atoms. The molecule has 2 amide bonds. The Labute approximate surface area is 229 Å². The van der Waals surface area contributed by atoms with Gasteiger partial charge in [-0.3, -0.25) is 13.9 Å². The first-order valence-electron chi connectivity index (χ1n) is 13.2. The Morgan fingerprint density at radius 1 is 0.923 bits per heavy atom. The highest BCUT2D eigenvalue weighted by atomic mass is 32.2. The van der Waals surface area contributed by atoms with Crippen molar-refractivity contribution in [3.8, 4) is 0 Å². The molecule has 7 nitrogen and oxygen atoms in total. The third-order valence-corrected chi connectivity index (χ3v) is 8.86. The molecule has 4 rings (SSSR count). The number of hydrogen-bond acceptors (Lipinski definition) is 4. The summed E-state index contributed by atoms with van der Waals surface area (Å²) in [5, 5.41) is 3.04. The minimum atomic E-state index is -4.29. The fourth-order valence-electron chi connectivity index (χ4n) is 4.85. The van der Waals surface area contributed by atoms with E-state index >= 15 is 0 Å². The average molecular weight is 552 g/mol. The van der Waals surface area contributed by atoms with Crippen molar-refractivity contribution in [2.24, 2.45) is 0 Å². The fourth-order valence-corrected chi connectivity index (χ4v) is 6.29. The number of amides is 2. The number of halogens is 1. The van der Waals surface area contributed by atoms with E-state index in [4.69, 9.17) is 0 Å². The van der Waals surface area contributed by atoms with Crippen molar-refractivity contribution < 1.29 is 22.4 Å². The Hall–Kier alpha value is -3.72. The van der Waals surface area contributed by atoms with Crippen LogP contribution in [0.4, 0.5) is 10.1 Å². The predicted molar refractivity (Wildman–Crippen MR) is 149 cm³/mol. The van der Waals surface area contributed by atoms with E-state index in [9.17, 15) is 22.4 Å². The Morgan fingerprint density at radius 3 is 2.15 bits per heavy atom. The first-order valence-corrected chi connectivity index (χ1v) is 14.7. The normalized spacial score (nSPS) is 14.5. The number of benzene rings is 3. The lowest BCUT2D eigenvalue weighted by atomic mass is 10.1. The molecule has 0 unspecified atom stereocenters. The van der Waals surface area contributed by atoms with Gasteiger partial charge in [0.1, 0.15) is 18.4 Å². The van der Waals surface area contributed by atoms with E-state index in [-0.39, 0.29) is 29.1 Å². The molecule has 1 atom stereocenters. The monoisotopic (exact) mass is 551 g/mol. The zero-order valence-electron chi connectivity index (χ0n) is 22.0. The number of carbonyl (C=O) groups is 2. The van der Waals surface area contributed by atoms with Crippen LogP contribution in [0.2, 0.25) is 0 Å². The summed E-state index contributed by atoms with van der Waals surface area (Å²) in [6.45, 7) is 1.18. The van der Waals surface area contributed by atoms with Gasteiger partial charge in [0, 0.05) is 12.6 Å². The molecule has 0 aliphatic heterocycles. The van der Waals surface area contributed by atoms with Crippen LogP contribution in [-0.4, -0.2) is 50.3 Å². The first kappa shape index (κ1) is 28.3. The lowest BCUT2D eigenvalue weighted by Gasteiger charge is -2.32. The van der Waals surface area contributed by atoms with Crippen molar-refractivity contribution in [2.75, 3.05) is 17.4 Å². The average Bonchev–Trinajstić information content (AvgIpc) is 3.46. The summed E-state index contributed by atoms with van der Waals surface area (Å²) < 4.78 is 43.0. The van der Waals surface area contributed by atoms with E-state index in [0.29, 0.717) is 6.42 Å². The van der Waals surface area contributed by atoms with Crippen LogP contribution in [0.15, 0.2) is 89.8 Å². The lowest BCUT2D eigenvalue weighted by Crippen LogP contribution is -2.53. The summed E-state index contributed by atoms with van der Waals surface area (Å²) in [5.74, 6) is -1.65. The molecular formula is C30H34FN3O4S. The second kappa shape index (κ2) is 12.9. The molecule has 0 bridgehead atoms. The standard InChI is InChI=1S/C30H34FN3O4S/c1-23(30(36)32-25-14-8-9-15-25)33(21-20-24-12-4-2-5-13-24)29(35)22-34(28-19-11-10-18-27(28)31)39(37,38)26-16-6-3-7-17-26/h2-7,10-13,16-19,23,25H,8-9,14-15,20-22H2,1H3,(H,32,36)/t23-/m1/s1. The van der Waals surface area contributed by atoms with Gasteiger partial charge < -0.3 is 10.2 Å². The minimum Gasteiger partial charge on any atom is -0.352 e. The van der Waals surface area contributed by atoms with Crippen LogP contribution in [0.1, 0.15) is 38.2 Å². The Kier molecular flexibility index (Phi) is 9.35. The van der Waals surface area contributed by atoms with E-state index in [1.807, 2.05) is 30.3 Å². The molecule has 9 heteroatoms. The van der Waals surface area contributed by atoms with Crippen molar-refractivity contribution in [3.05, 3.63) is 96.3 Å². The Bertz CT molecular complexity index is 1360. The quantitative estimate of drug-likeness (QED) is 0.379. The van der Waals surface area contributed by atoms with Crippen molar-refractivity contribution in [1.29, 1.82) is 0 Å². The van der Waals surface area contributed by atoms with E-state index in [1.165, 1.54) is 35.2 Å². The molecule has 1 aliphatic carbocycles. The number of nitrogens with zero attached hydrogens (tertiary/aromatic N) is 2. The molecule has 3 aromatic carbocycles. The number of hydrogen-bond donors (Lipinski definition) is 1. The van der Waals surface area contributed by atoms with Crippen molar-refractivity contribution in [2.45, 2.75) is 56.0 Å². The summed E-state index contributed by atoms with van der Waals surface area (Å²) in [5.41, 5.74) is 0.738. The second-order valence-corrected chi connectivity index (χ2v) is 11.6. The number of nitrogens with one attached hydrogen (secondary N) is 1. The van der Waals surface area contributed by atoms with Crippen LogP contribution < -0.4 is 9.62 Å². The third kappa shape index (κ3) is 7.03. The fraction of sp³-hybridized carbons (Fsp3) is 0.333. The molecule has 0 saturated heterocycles. The smallest absolute Gasteiger partial charge is 0.264 e. The van der Waals surface area contributed by atoms with Crippen LogP contribution in [0, 0.1) is 5.82 Å². The Morgan fingerprint density at radius 2 is 1.51 bits per heavy atom. The number of carbonyl (C=O) groups excluding carboxylic acids is 2. The summed E-state index contributed by atoms with van der Waals surface area (Å²) in [4.78, 5) is 28.4. The van der Waals surface area contributed by atoms with E-state index < -0.39 is 34.3 Å². The molecule has 0 radical (unpaired) electrons. The van der Waals surface area contributed by atoms with Gasteiger partial charge >= 0.3 is 0 Å². The maximum atomic E-state index is 14.9. The molecule has 0 heterocycles. The SMILES string of the molecule is C[C@H](C(=O)NC1CCCC1)N(CCc1ccccc1)C(=O)CN(c1ccccc1F)S(=O)(=O)c1ccccc1. The molecule has 206 valence electrons. The van der Waals surface area contributed by atoms with Gasteiger partial charge in [0.15, 0.2) is 0 Å². The van der Waals surface area contributed by atoms with Crippen molar-refractivity contribution in [1.82, 2.24) is 10.2 Å². The maximum absolute atomic E-state index is 14.9. The van der Waals surface area contributed by atoms with Crippen LogP contribution >= 0.6 is 0 Å². The van der Waals surface area contributed by atoms with Gasteiger partial charge in [0.05, 0.1) is 10.6 Å². The number of anilines is 1. The zero-order valence-corrected chi connectivity index (χ0v) is 22.8. The maximum Gasteiger partial charge on any atom is 0.264 e. The summed E-state index contributed by atoms with van der Waals surface area (Å²) in [6, 6.07) is 21.8. The van der Waals surface area contributed by atoms with Gasteiger partial charge in [0.2, 0.25) is 11.8 Å². The summed E-state index contributed by atoms with van der Waals surface area (Å²) in [7, 11) is -4.29. The summed E-state index contributed by atoms with van der Waals surface area (Å²) >= 11 is 0. The van der Waals surface area contributed by atoms with E-state index in [1.54, 1.807) is 25.1 Å². The molecule has 1 fully saturated rings. The second-order valence-electron chi connectivity index (χ2n) is 9.76. The van der Waals surface area contributed by atoms with Gasteiger partial charge in [-0.1, -0.05) is 73.5 Å². The molecule has 1 N–H and O–H groups in total. The molecule has 39 heavy (non-hydrogen) atoms. The molecule has 1 saturated carbocycles. The van der Waals surface area contributed by atoms with E-state index in [2.05, 4.69) is 5.32 Å². The number of sulfonamides is 1. The molecular weight excluding hydrogens is 517 g/mol. The Balaban J connectivity index is 1.64. The van der Waals surface area contributed by atoms with Gasteiger partial charge in [0.25, 0.3) is 10.0 Å². The molecule has 0 aromatic heterocycles. The highest BCUT2D eigenvalue weighted by Crippen LogP contribution is 2.27. The third-order valence-electron chi connectivity index (χ3n) is 7.08. The van der Waals surface area contributed by atoms with Gasteiger partial charge in [-0.25, -0.2) is 12.8 Å². The molecule has 1 aliphatic rings. The number of para-hydroxylation sites is 1. The highest BCUT2D eigenvalue weighted by molar-refractivity contribution is 7.92. The van der Waals surface area contributed by atoms with Crippen LogP contribution in [-0.2, 0) is 26.0 Å². The first-order chi connectivity index (χ1) is 18.8. The minimum absolute atomic E-state index is 0.0658. The topological polar surface area (TPSA) is 86.8 Å². The lowest BCUT2D eigenvalue weighted by molar-refractivity contribution is -0.139. The predicted octanol–water partition coefficient (Wildman–Crippen LogP) is 4.54. The van der Waals surface area contributed by atoms with Crippen molar-refractivity contribution >= 4 is 27.5 Å². The van der Waals surface area contributed by atoms with Gasteiger partial charge in [-0.15, -0.1) is 0 Å². The zero-order chi connectivity index (χ0) is 27.8. The summed E-state index contributed by atoms with van der Waals surface area (Å²) in [6.07, 6.45) is 4.36. The largest absolute Gasteiger partial charge is 0.352 e. The highest BCUT2D eigenvalue weighted by Gasteiger charge is 2.34. The molecule has 3 aromatic rings. The van der Waals surface area contributed by atoms with Gasteiger partial charge in [-0.05, 0) is 56.0 Å². The van der Waals surface area contributed by atoms with E-state index in [0.717, 1.165) is 41.6 Å². The van der Waals surface area contributed by atoms with Gasteiger partial charge in [-0.2, -0.15) is 0 Å². The van der Waals surface area contributed by atoms with Crippen molar-refractivity contribution in [3.63, 3.8) is 0 Å². The van der Waals surface area contributed by atoms with Crippen LogP contribution in [0.25, 0.3) is 0 Å². The number of rotatable bonds is 11. The van der Waals surface area contributed by atoms with Crippen LogP contribution in [0.5, 0.6) is 0 Å². The van der Waals surface area contributed by atoms with Crippen LogP contribution in [0.3, 0.4) is 0 Å².